The highest BCUT2D eigenvalue weighted by molar-refractivity contribution is 5.65. The Kier molecular flexibility index (Phi) is 3.45. The predicted octanol–water partition coefficient (Wildman–Crippen LogP) is 2.35. The Labute approximate surface area is 141 Å². The first-order valence-corrected chi connectivity index (χ1v) is 7.66. The fourth-order valence-electron chi connectivity index (χ4n) is 2.69. The molecule has 0 unspecified atom stereocenters. The molecule has 0 bridgehead atoms. The Morgan fingerprint density at radius 3 is 2.64 bits per heavy atom. The highest BCUT2D eigenvalue weighted by Crippen LogP contribution is 2.19. The third kappa shape index (κ3) is 2.61. The second-order valence-corrected chi connectivity index (χ2v) is 5.76. The molecule has 0 radical (unpaired) electrons. The summed E-state index contributed by atoms with van der Waals surface area (Å²) in [7, 11) is 0. The molecule has 0 fully saturated rings. The molecule has 126 valence electrons. The van der Waals surface area contributed by atoms with Gasteiger partial charge in [-0.25, -0.2) is 13.6 Å². The fourth-order valence-corrected chi connectivity index (χ4v) is 2.69. The first-order valence-electron chi connectivity index (χ1n) is 7.66. The molecule has 0 amide bonds. The normalized spacial score (nSPS) is 11.3. The molecule has 0 spiro atoms. The van der Waals surface area contributed by atoms with E-state index in [0.717, 1.165) is 16.8 Å². The molecule has 25 heavy (non-hydrogen) atoms. The van der Waals surface area contributed by atoms with Gasteiger partial charge in [-0.15, -0.1) is 0 Å². The van der Waals surface area contributed by atoms with Gasteiger partial charge in [-0.3, -0.25) is 4.79 Å². The molecule has 0 aliphatic carbocycles. The van der Waals surface area contributed by atoms with Crippen molar-refractivity contribution in [2.24, 2.45) is 0 Å². The molecule has 4 aromatic rings. The molecule has 0 aliphatic heterocycles. The lowest BCUT2D eigenvalue weighted by Gasteiger charge is -2.03. The maximum absolute atomic E-state index is 13.1. The molecule has 3 heterocycles. The summed E-state index contributed by atoms with van der Waals surface area (Å²) in [6, 6.07) is 7.61. The van der Waals surface area contributed by atoms with Gasteiger partial charge < -0.3 is 4.52 Å². The Morgan fingerprint density at radius 1 is 1.20 bits per heavy atom. The minimum atomic E-state index is -0.323. The molecular formula is C17H14FN5O2. The van der Waals surface area contributed by atoms with Crippen molar-refractivity contribution in [1.29, 1.82) is 0 Å². The van der Waals surface area contributed by atoms with Crippen LogP contribution in [0.25, 0.3) is 16.8 Å². The zero-order valence-electron chi connectivity index (χ0n) is 13.6. The largest absolute Gasteiger partial charge is 0.361 e. The van der Waals surface area contributed by atoms with Gasteiger partial charge in [0, 0.05) is 11.1 Å². The Hall–Kier alpha value is -3.29. The smallest absolute Gasteiger partial charge is 0.293 e. The van der Waals surface area contributed by atoms with Crippen molar-refractivity contribution in [3.8, 4) is 11.3 Å². The molecule has 0 N–H and O–H groups in total. The number of benzene rings is 1. The minimum Gasteiger partial charge on any atom is -0.361 e. The summed E-state index contributed by atoms with van der Waals surface area (Å²) in [5, 5.41) is 12.4. The maximum atomic E-state index is 13.1. The average molecular weight is 339 g/mol. The van der Waals surface area contributed by atoms with Crippen LogP contribution in [0.2, 0.25) is 0 Å². The van der Waals surface area contributed by atoms with Crippen LogP contribution >= 0.6 is 0 Å². The third-order valence-electron chi connectivity index (χ3n) is 4.12. The van der Waals surface area contributed by atoms with Crippen LogP contribution < -0.4 is 5.56 Å². The summed E-state index contributed by atoms with van der Waals surface area (Å²) < 4.78 is 21.0. The summed E-state index contributed by atoms with van der Waals surface area (Å²) in [6.07, 6.45) is 1.47. The molecule has 7 nitrogen and oxygen atoms in total. The molecule has 0 aliphatic rings. The number of halogens is 1. The van der Waals surface area contributed by atoms with Crippen molar-refractivity contribution in [2.45, 2.75) is 20.4 Å². The van der Waals surface area contributed by atoms with E-state index in [1.807, 2.05) is 6.92 Å². The zero-order valence-corrected chi connectivity index (χ0v) is 13.6. The van der Waals surface area contributed by atoms with E-state index < -0.39 is 0 Å². The number of aryl methyl sites for hydroxylation is 2. The number of hydrogen-bond acceptors (Lipinski definition) is 5. The second kappa shape index (κ2) is 5.66. The van der Waals surface area contributed by atoms with E-state index in [4.69, 9.17) is 4.52 Å². The molecule has 1 aromatic carbocycles. The summed E-state index contributed by atoms with van der Waals surface area (Å²) in [4.78, 5) is 12.7. The van der Waals surface area contributed by atoms with Crippen LogP contribution in [-0.2, 0) is 6.54 Å². The highest BCUT2D eigenvalue weighted by atomic mass is 19.1. The van der Waals surface area contributed by atoms with Crippen LogP contribution in [0.4, 0.5) is 4.39 Å². The van der Waals surface area contributed by atoms with Crippen LogP contribution in [0, 0.1) is 19.7 Å². The van der Waals surface area contributed by atoms with Gasteiger partial charge in [0.1, 0.15) is 23.4 Å². The highest BCUT2D eigenvalue weighted by Gasteiger charge is 2.14. The van der Waals surface area contributed by atoms with E-state index >= 15 is 0 Å². The monoisotopic (exact) mass is 339 g/mol. The van der Waals surface area contributed by atoms with Crippen LogP contribution in [-0.4, -0.2) is 24.6 Å². The van der Waals surface area contributed by atoms with E-state index in [-0.39, 0.29) is 17.9 Å². The number of nitrogens with zero attached hydrogens (tertiary/aromatic N) is 5. The van der Waals surface area contributed by atoms with Gasteiger partial charge in [-0.05, 0) is 44.2 Å². The quantitative estimate of drug-likeness (QED) is 0.572. The van der Waals surface area contributed by atoms with Crippen LogP contribution in [0.1, 0.15) is 17.0 Å². The summed E-state index contributed by atoms with van der Waals surface area (Å²) in [5.74, 6) is 0.336. The van der Waals surface area contributed by atoms with E-state index in [1.54, 1.807) is 25.1 Å². The van der Waals surface area contributed by atoms with Crippen molar-refractivity contribution in [3.05, 3.63) is 69.8 Å². The third-order valence-corrected chi connectivity index (χ3v) is 4.12. The van der Waals surface area contributed by atoms with Gasteiger partial charge in [0.05, 0.1) is 17.9 Å². The second-order valence-electron chi connectivity index (χ2n) is 5.76. The molecular weight excluding hydrogens is 325 g/mol. The van der Waals surface area contributed by atoms with Gasteiger partial charge in [0.25, 0.3) is 5.56 Å². The molecule has 0 atom stereocenters. The number of hydrogen-bond donors (Lipinski definition) is 0. The van der Waals surface area contributed by atoms with Gasteiger partial charge in [0.15, 0.2) is 0 Å². The summed E-state index contributed by atoms with van der Waals surface area (Å²) >= 11 is 0. The lowest BCUT2D eigenvalue weighted by molar-refractivity contribution is 0.391. The van der Waals surface area contributed by atoms with Crippen LogP contribution in [0.5, 0.6) is 0 Å². The first-order chi connectivity index (χ1) is 12.0. The predicted molar refractivity (Wildman–Crippen MR) is 87.7 cm³/mol. The lowest BCUT2D eigenvalue weighted by Crippen LogP contribution is -2.25. The topological polar surface area (TPSA) is 78.2 Å². The average Bonchev–Trinajstić information content (AvgIpc) is 3.17. The van der Waals surface area contributed by atoms with E-state index in [1.165, 1.54) is 27.7 Å². The molecule has 0 saturated carbocycles. The van der Waals surface area contributed by atoms with E-state index in [2.05, 4.69) is 15.4 Å². The van der Waals surface area contributed by atoms with Gasteiger partial charge in [-0.1, -0.05) is 5.16 Å². The number of fused-ring (bicyclic) bond motifs is 1. The molecule has 0 saturated heterocycles. The SMILES string of the molecule is Cc1noc(C)c1Cn1ncn2nc(-c3ccc(F)cc3)cc2c1=O. The van der Waals surface area contributed by atoms with Gasteiger partial charge in [0.2, 0.25) is 0 Å². The summed E-state index contributed by atoms with van der Waals surface area (Å²) in [5.41, 5.74) is 2.98. The Morgan fingerprint density at radius 2 is 1.96 bits per heavy atom. The van der Waals surface area contributed by atoms with E-state index in [9.17, 15) is 9.18 Å². The van der Waals surface area contributed by atoms with Crippen molar-refractivity contribution in [1.82, 2.24) is 24.6 Å². The maximum Gasteiger partial charge on any atom is 0.293 e. The minimum absolute atomic E-state index is 0.271. The summed E-state index contributed by atoms with van der Waals surface area (Å²) in [6.45, 7) is 3.89. The van der Waals surface area contributed by atoms with E-state index in [0.29, 0.717) is 17.0 Å². The number of rotatable bonds is 3. The molecule has 3 aromatic heterocycles. The van der Waals surface area contributed by atoms with Crippen molar-refractivity contribution in [3.63, 3.8) is 0 Å². The van der Waals surface area contributed by atoms with Crippen molar-refractivity contribution in [2.75, 3.05) is 0 Å². The number of aromatic nitrogens is 5. The van der Waals surface area contributed by atoms with Crippen LogP contribution in [0.3, 0.4) is 0 Å². The van der Waals surface area contributed by atoms with Gasteiger partial charge in [-0.2, -0.15) is 10.2 Å². The lowest BCUT2D eigenvalue weighted by atomic mass is 10.1. The van der Waals surface area contributed by atoms with Crippen molar-refractivity contribution >= 4 is 5.52 Å². The van der Waals surface area contributed by atoms with Gasteiger partial charge >= 0.3 is 0 Å². The Balaban J connectivity index is 1.78. The van der Waals surface area contributed by atoms with Crippen LogP contribution in [0.15, 0.2) is 46.0 Å². The fraction of sp³-hybridized carbons (Fsp3) is 0.176. The zero-order chi connectivity index (χ0) is 17.6. The first kappa shape index (κ1) is 15.3. The molecule has 8 heteroatoms. The van der Waals surface area contributed by atoms with Crippen molar-refractivity contribution < 1.29 is 8.91 Å². The molecule has 4 rings (SSSR count). The standard InChI is InChI=1S/C17H14FN5O2/c1-10-14(11(2)25-21-10)8-22-17(24)16-7-15(20-23(16)9-19-22)12-3-5-13(18)6-4-12/h3-7,9H,8H2,1-2H3. The Bertz CT molecular complexity index is 1100.